The van der Waals surface area contributed by atoms with E-state index >= 15 is 0 Å². The fourth-order valence-corrected chi connectivity index (χ4v) is 6.18. The number of benzene rings is 1. The van der Waals surface area contributed by atoms with Crippen molar-refractivity contribution >= 4 is 11.6 Å². The van der Waals surface area contributed by atoms with Crippen LogP contribution >= 0.6 is 0 Å². The molecule has 2 saturated carbocycles. The number of rotatable bonds is 4. The molecule has 0 amide bonds. The van der Waals surface area contributed by atoms with Crippen molar-refractivity contribution in [2.75, 3.05) is 0 Å². The highest BCUT2D eigenvalue weighted by molar-refractivity contribution is 5.82. The highest BCUT2D eigenvalue weighted by Crippen LogP contribution is 2.34. The Labute approximate surface area is 219 Å². The number of phenols is 2. The van der Waals surface area contributed by atoms with Crippen molar-refractivity contribution in [3.8, 4) is 11.5 Å². The predicted molar refractivity (Wildman–Crippen MR) is 147 cm³/mol. The van der Waals surface area contributed by atoms with Crippen LogP contribution in [0.2, 0.25) is 0 Å². The zero-order valence-corrected chi connectivity index (χ0v) is 22.6. The summed E-state index contributed by atoms with van der Waals surface area (Å²) in [6, 6.07) is 3.32. The Balaban J connectivity index is 1.67. The standard InChI is InChI=1S/C32H50O4/c33-29-19-15-11-7-3-1-5-9-13-17-25(29)21-27-23-32(36)28(24-31(27)35)22-26-18-14-10-6-2-4-8-12-16-20-30(26)34/h23-26,35-36H,1-22H2. The first-order valence-electron chi connectivity index (χ1n) is 15.1. The second-order valence-corrected chi connectivity index (χ2v) is 11.6. The largest absolute Gasteiger partial charge is 0.508 e. The lowest BCUT2D eigenvalue weighted by atomic mass is 9.84. The molecule has 4 nitrogen and oxygen atoms in total. The molecule has 0 saturated heterocycles. The molecule has 3 rings (SSSR count). The summed E-state index contributed by atoms with van der Waals surface area (Å²) in [6.07, 6.45) is 22.6. The van der Waals surface area contributed by atoms with Gasteiger partial charge >= 0.3 is 0 Å². The molecular weight excluding hydrogens is 448 g/mol. The summed E-state index contributed by atoms with van der Waals surface area (Å²) in [5, 5.41) is 21.8. The Hall–Kier alpha value is -1.84. The van der Waals surface area contributed by atoms with Crippen molar-refractivity contribution in [2.24, 2.45) is 11.8 Å². The van der Waals surface area contributed by atoms with Gasteiger partial charge in [0.05, 0.1) is 0 Å². The molecule has 0 radical (unpaired) electrons. The van der Waals surface area contributed by atoms with Crippen LogP contribution in [0.5, 0.6) is 11.5 Å². The van der Waals surface area contributed by atoms with E-state index in [2.05, 4.69) is 0 Å². The van der Waals surface area contributed by atoms with Crippen LogP contribution in [0.1, 0.15) is 140 Å². The van der Waals surface area contributed by atoms with E-state index in [-0.39, 0.29) is 23.3 Å². The van der Waals surface area contributed by atoms with Gasteiger partial charge in [0.25, 0.3) is 0 Å². The van der Waals surface area contributed by atoms with E-state index in [1.807, 2.05) is 0 Å². The molecule has 0 bridgehead atoms. The van der Waals surface area contributed by atoms with Crippen molar-refractivity contribution < 1.29 is 19.8 Å². The monoisotopic (exact) mass is 498 g/mol. The van der Waals surface area contributed by atoms with Crippen LogP contribution in [0, 0.1) is 11.8 Å². The van der Waals surface area contributed by atoms with Gasteiger partial charge in [0.1, 0.15) is 23.1 Å². The van der Waals surface area contributed by atoms with Gasteiger partial charge in [-0.15, -0.1) is 0 Å². The second-order valence-electron chi connectivity index (χ2n) is 11.6. The number of ketones is 2. The number of carbonyl (C=O) groups is 2. The molecule has 2 aliphatic carbocycles. The van der Waals surface area contributed by atoms with Crippen molar-refractivity contribution in [1.29, 1.82) is 0 Å². The van der Waals surface area contributed by atoms with Crippen LogP contribution in [0.25, 0.3) is 0 Å². The molecule has 2 aliphatic rings. The maximum absolute atomic E-state index is 13.0. The summed E-state index contributed by atoms with van der Waals surface area (Å²) in [5.74, 6) is 0.737. The Bertz CT molecular complexity index is 747. The van der Waals surface area contributed by atoms with Gasteiger partial charge in [-0.1, -0.05) is 89.9 Å². The summed E-state index contributed by atoms with van der Waals surface area (Å²) >= 11 is 0. The van der Waals surface area contributed by atoms with Crippen molar-refractivity contribution in [3.63, 3.8) is 0 Å². The van der Waals surface area contributed by atoms with Crippen molar-refractivity contribution in [3.05, 3.63) is 23.3 Å². The minimum atomic E-state index is -0.0894. The van der Waals surface area contributed by atoms with E-state index in [1.54, 1.807) is 12.1 Å². The Morgan fingerprint density at radius 3 is 1.17 bits per heavy atom. The van der Waals surface area contributed by atoms with Gasteiger partial charge in [-0.05, 0) is 61.8 Å². The molecule has 0 heterocycles. The fraction of sp³-hybridized carbons (Fsp3) is 0.750. The van der Waals surface area contributed by atoms with Crippen LogP contribution in [-0.2, 0) is 22.4 Å². The lowest BCUT2D eigenvalue weighted by Gasteiger charge is -2.20. The van der Waals surface area contributed by atoms with Gasteiger partial charge < -0.3 is 10.2 Å². The molecule has 0 spiro atoms. The SMILES string of the molecule is O=C1CCCCCCCCCCC1Cc1cc(O)c(CC2CCCCCCCCCCC2=O)cc1O. The van der Waals surface area contributed by atoms with Crippen LogP contribution in [0.15, 0.2) is 12.1 Å². The van der Waals surface area contributed by atoms with E-state index in [0.717, 1.165) is 64.2 Å². The molecule has 1 aromatic rings. The number of hydrogen-bond donors (Lipinski definition) is 2. The summed E-state index contributed by atoms with van der Waals surface area (Å²) in [5.41, 5.74) is 1.32. The molecule has 202 valence electrons. The van der Waals surface area contributed by atoms with Gasteiger partial charge in [-0.25, -0.2) is 0 Å². The normalized spacial score (nSPS) is 24.7. The van der Waals surface area contributed by atoms with Gasteiger partial charge in [-0.3, -0.25) is 9.59 Å². The zero-order chi connectivity index (χ0) is 25.6. The topological polar surface area (TPSA) is 74.6 Å². The third kappa shape index (κ3) is 9.90. The molecule has 2 unspecified atom stereocenters. The summed E-state index contributed by atoms with van der Waals surface area (Å²) in [7, 11) is 0. The smallest absolute Gasteiger partial charge is 0.136 e. The van der Waals surface area contributed by atoms with Gasteiger partial charge in [-0.2, -0.15) is 0 Å². The first-order chi connectivity index (χ1) is 17.5. The number of phenolic OH excluding ortho intramolecular Hbond substituents is 2. The highest BCUT2D eigenvalue weighted by atomic mass is 16.3. The zero-order valence-electron chi connectivity index (χ0n) is 22.6. The summed E-state index contributed by atoms with van der Waals surface area (Å²) in [4.78, 5) is 25.9. The Morgan fingerprint density at radius 2 is 0.806 bits per heavy atom. The Morgan fingerprint density at radius 1 is 0.500 bits per heavy atom. The third-order valence-corrected chi connectivity index (χ3v) is 8.57. The third-order valence-electron chi connectivity index (χ3n) is 8.57. The first-order valence-corrected chi connectivity index (χ1v) is 15.1. The number of carbonyl (C=O) groups excluding carboxylic acids is 2. The average Bonchev–Trinajstić information content (AvgIpc) is 2.85. The second kappa shape index (κ2) is 16.1. The van der Waals surface area contributed by atoms with Crippen LogP contribution in [-0.4, -0.2) is 21.8 Å². The molecule has 0 aliphatic heterocycles. The van der Waals surface area contributed by atoms with Crippen molar-refractivity contribution in [2.45, 2.75) is 141 Å². The van der Waals surface area contributed by atoms with E-state index in [1.165, 1.54) is 51.4 Å². The lowest BCUT2D eigenvalue weighted by Crippen LogP contribution is -2.19. The van der Waals surface area contributed by atoms with E-state index in [0.29, 0.717) is 48.4 Å². The van der Waals surface area contributed by atoms with Gasteiger partial charge in [0.15, 0.2) is 0 Å². The molecule has 0 aromatic heterocycles. The average molecular weight is 499 g/mol. The fourth-order valence-electron chi connectivity index (χ4n) is 6.18. The molecule has 1 aromatic carbocycles. The lowest BCUT2D eigenvalue weighted by molar-refractivity contribution is -0.124. The Kier molecular flexibility index (Phi) is 12.8. The maximum atomic E-state index is 13.0. The van der Waals surface area contributed by atoms with E-state index < -0.39 is 0 Å². The van der Waals surface area contributed by atoms with E-state index in [4.69, 9.17) is 0 Å². The molecule has 4 heteroatoms. The van der Waals surface area contributed by atoms with Crippen LogP contribution < -0.4 is 0 Å². The highest BCUT2D eigenvalue weighted by Gasteiger charge is 2.24. The minimum Gasteiger partial charge on any atom is -0.508 e. The number of hydrogen-bond acceptors (Lipinski definition) is 4. The number of Topliss-reactive ketones (excluding diaryl/α,β-unsaturated/α-hetero) is 2. The predicted octanol–water partition coefficient (Wildman–Crippen LogP) is 8.38. The van der Waals surface area contributed by atoms with Gasteiger partial charge in [0.2, 0.25) is 0 Å². The minimum absolute atomic E-state index is 0.0894. The molecule has 2 N–H and O–H groups in total. The maximum Gasteiger partial charge on any atom is 0.136 e. The first kappa shape index (κ1) is 28.7. The number of aromatic hydroxyl groups is 2. The van der Waals surface area contributed by atoms with Crippen LogP contribution in [0.4, 0.5) is 0 Å². The molecule has 2 fully saturated rings. The van der Waals surface area contributed by atoms with Gasteiger partial charge in [0, 0.05) is 24.7 Å². The van der Waals surface area contributed by atoms with E-state index in [9.17, 15) is 19.8 Å². The summed E-state index contributed by atoms with van der Waals surface area (Å²) in [6.45, 7) is 0. The molecule has 2 atom stereocenters. The molecule has 36 heavy (non-hydrogen) atoms. The van der Waals surface area contributed by atoms with Crippen LogP contribution in [0.3, 0.4) is 0 Å². The summed E-state index contributed by atoms with van der Waals surface area (Å²) < 4.78 is 0. The quantitative estimate of drug-likeness (QED) is 0.409. The van der Waals surface area contributed by atoms with Crippen molar-refractivity contribution in [1.82, 2.24) is 0 Å². The molecular formula is C32H50O4.